The van der Waals surface area contributed by atoms with Crippen molar-refractivity contribution >= 4 is 18.0 Å². The van der Waals surface area contributed by atoms with Gasteiger partial charge in [-0.25, -0.2) is 9.59 Å². The third-order valence-electron chi connectivity index (χ3n) is 2.59. The summed E-state index contributed by atoms with van der Waals surface area (Å²) in [4.78, 5) is 35.3. The molecule has 0 aromatic heterocycles. The highest BCUT2D eigenvalue weighted by Gasteiger charge is 2.30. The molecule has 0 aromatic rings. The summed E-state index contributed by atoms with van der Waals surface area (Å²) in [6, 6.07) is -1.01. The van der Waals surface area contributed by atoms with Crippen molar-refractivity contribution in [3.8, 4) is 0 Å². The minimum Gasteiger partial charge on any atom is -0.469 e. The first-order chi connectivity index (χ1) is 10.1. The zero-order chi connectivity index (χ0) is 17.3. The molecule has 0 saturated carbocycles. The van der Waals surface area contributed by atoms with Crippen LogP contribution in [0.2, 0.25) is 0 Å². The van der Waals surface area contributed by atoms with Crippen molar-refractivity contribution in [2.45, 2.75) is 45.8 Å². The SMILES string of the molecule is C/C=C/[C@H](C[C@H](NC(=O)OC(C)(C)C)C(=O)OC)C(=O)OC. The molecule has 22 heavy (non-hydrogen) atoms. The van der Waals surface area contributed by atoms with Crippen LogP contribution in [0.4, 0.5) is 4.79 Å². The summed E-state index contributed by atoms with van der Waals surface area (Å²) < 4.78 is 14.4. The quantitative estimate of drug-likeness (QED) is 0.456. The van der Waals surface area contributed by atoms with Gasteiger partial charge in [0.1, 0.15) is 11.6 Å². The Kier molecular flexibility index (Phi) is 8.22. The van der Waals surface area contributed by atoms with E-state index >= 15 is 0 Å². The van der Waals surface area contributed by atoms with Crippen LogP contribution in [0.5, 0.6) is 0 Å². The van der Waals surface area contributed by atoms with Crippen molar-refractivity contribution in [1.82, 2.24) is 5.32 Å². The number of allylic oxidation sites excluding steroid dienone is 1. The second kappa shape index (κ2) is 9.07. The predicted molar refractivity (Wildman–Crippen MR) is 80.1 cm³/mol. The van der Waals surface area contributed by atoms with Crippen LogP contribution in [-0.4, -0.2) is 43.9 Å². The van der Waals surface area contributed by atoms with Gasteiger partial charge in [-0.15, -0.1) is 0 Å². The number of hydrogen-bond donors (Lipinski definition) is 1. The fourth-order valence-electron chi connectivity index (χ4n) is 1.70. The average molecular weight is 315 g/mol. The highest BCUT2D eigenvalue weighted by atomic mass is 16.6. The molecule has 0 bridgehead atoms. The van der Waals surface area contributed by atoms with E-state index in [0.29, 0.717) is 0 Å². The van der Waals surface area contributed by atoms with Gasteiger partial charge in [-0.05, 0) is 34.1 Å². The molecule has 0 saturated heterocycles. The van der Waals surface area contributed by atoms with Crippen molar-refractivity contribution in [2.24, 2.45) is 5.92 Å². The molecule has 0 aliphatic carbocycles. The Morgan fingerprint density at radius 2 is 1.64 bits per heavy atom. The van der Waals surface area contributed by atoms with Crippen LogP contribution in [0.15, 0.2) is 12.2 Å². The van der Waals surface area contributed by atoms with Gasteiger partial charge in [0.25, 0.3) is 0 Å². The number of esters is 2. The maximum Gasteiger partial charge on any atom is 0.408 e. The number of hydrogen-bond acceptors (Lipinski definition) is 6. The van der Waals surface area contributed by atoms with Crippen molar-refractivity contribution in [3.63, 3.8) is 0 Å². The normalized spacial score (nSPS) is 14.1. The first kappa shape index (κ1) is 19.9. The molecule has 0 aromatic carbocycles. The van der Waals surface area contributed by atoms with E-state index in [-0.39, 0.29) is 6.42 Å². The van der Waals surface area contributed by atoms with Gasteiger partial charge in [0.15, 0.2) is 0 Å². The summed E-state index contributed by atoms with van der Waals surface area (Å²) in [6.07, 6.45) is 2.53. The fourth-order valence-corrected chi connectivity index (χ4v) is 1.70. The summed E-state index contributed by atoms with van der Waals surface area (Å²) in [5.41, 5.74) is -0.699. The van der Waals surface area contributed by atoms with E-state index in [1.54, 1.807) is 39.8 Å². The van der Waals surface area contributed by atoms with Crippen molar-refractivity contribution < 1.29 is 28.6 Å². The number of amides is 1. The van der Waals surface area contributed by atoms with E-state index < -0.39 is 35.6 Å². The van der Waals surface area contributed by atoms with Crippen LogP contribution in [0.25, 0.3) is 0 Å². The molecule has 0 spiro atoms. The molecule has 0 rings (SSSR count). The number of ether oxygens (including phenoxy) is 3. The lowest BCUT2D eigenvalue weighted by molar-refractivity contribution is -0.146. The molecule has 1 amide bonds. The lowest BCUT2D eigenvalue weighted by Crippen LogP contribution is -2.45. The summed E-state index contributed by atoms with van der Waals surface area (Å²) >= 11 is 0. The number of rotatable bonds is 6. The summed E-state index contributed by atoms with van der Waals surface area (Å²) in [6.45, 7) is 6.86. The number of methoxy groups -OCH3 is 2. The molecule has 2 atom stereocenters. The van der Waals surface area contributed by atoms with E-state index in [9.17, 15) is 14.4 Å². The van der Waals surface area contributed by atoms with E-state index in [2.05, 4.69) is 14.8 Å². The van der Waals surface area contributed by atoms with Gasteiger partial charge in [0.2, 0.25) is 0 Å². The van der Waals surface area contributed by atoms with Crippen LogP contribution in [0.3, 0.4) is 0 Å². The third kappa shape index (κ3) is 7.66. The van der Waals surface area contributed by atoms with Crippen LogP contribution in [0.1, 0.15) is 34.1 Å². The smallest absolute Gasteiger partial charge is 0.408 e. The molecule has 0 unspecified atom stereocenters. The highest BCUT2D eigenvalue weighted by Crippen LogP contribution is 2.14. The molecule has 126 valence electrons. The topological polar surface area (TPSA) is 90.9 Å². The number of carbonyl (C=O) groups is 3. The summed E-state index contributed by atoms with van der Waals surface area (Å²) in [7, 11) is 2.46. The zero-order valence-corrected chi connectivity index (χ0v) is 14.0. The molecule has 1 N–H and O–H groups in total. The van der Waals surface area contributed by atoms with E-state index in [1.165, 1.54) is 14.2 Å². The van der Waals surface area contributed by atoms with Gasteiger partial charge in [0, 0.05) is 0 Å². The van der Waals surface area contributed by atoms with Gasteiger partial charge in [0.05, 0.1) is 20.1 Å². The second-order valence-electron chi connectivity index (χ2n) is 5.61. The maximum atomic E-state index is 11.8. The van der Waals surface area contributed by atoms with Gasteiger partial charge < -0.3 is 19.5 Å². The molecular formula is C15H25NO6. The largest absolute Gasteiger partial charge is 0.469 e. The molecule has 0 aliphatic heterocycles. The van der Waals surface area contributed by atoms with Crippen molar-refractivity contribution in [1.29, 1.82) is 0 Å². The van der Waals surface area contributed by atoms with Crippen LogP contribution >= 0.6 is 0 Å². The Hall–Kier alpha value is -2.05. The van der Waals surface area contributed by atoms with Crippen molar-refractivity contribution in [2.75, 3.05) is 14.2 Å². The minimum absolute atomic E-state index is 0.0168. The Labute approximate surface area is 131 Å². The van der Waals surface area contributed by atoms with E-state index in [4.69, 9.17) is 4.74 Å². The number of nitrogens with one attached hydrogen (secondary N) is 1. The Morgan fingerprint density at radius 1 is 1.09 bits per heavy atom. The van der Waals surface area contributed by atoms with Crippen LogP contribution in [-0.2, 0) is 23.8 Å². The zero-order valence-electron chi connectivity index (χ0n) is 14.0. The highest BCUT2D eigenvalue weighted by molar-refractivity contribution is 5.83. The van der Waals surface area contributed by atoms with Crippen LogP contribution in [0, 0.1) is 5.92 Å². The molecular weight excluding hydrogens is 290 g/mol. The fraction of sp³-hybridized carbons (Fsp3) is 0.667. The molecule has 0 heterocycles. The predicted octanol–water partition coefficient (Wildman–Crippen LogP) is 1.81. The average Bonchev–Trinajstić information content (AvgIpc) is 2.42. The molecule has 0 fully saturated rings. The van der Waals surface area contributed by atoms with E-state index in [1.807, 2.05) is 0 Å². The molecule has 7 nitrogen and oxygen atoms in total. The Morgan fingerprint density at radius 3 is 2.05 bits per heavy atom. The van der Waals surface area contributed by atoms with E-state index in [0.717, 1.165) is 0 Å². The number of carbonyl (C=O) groups excluding carboxylic acids is 3. The van der Waals surface area contributed by atoms with Gasteiger partial charge >= 0.3 is 18.0 Å². The maximum absolute atomic E-state index is 11.8. The van der Waals surface area contributed by atoms with Gasteiger partial charge in [-0.1, -0.05) is 12.2 Å². The monoisotopic (exact) mass is 315 g/mol. The van der Waals surface area contributed by atoms with Gasteiger partial charge in [-0.2, -0.15) is 0 Å². The van der Waals surface area contributed by atoms with Gasteiger partial charge in [-0.3, -0.25) is 4.79 Å². The lowest BCUT2D eigenvalue weighted by atomic mass is 9.99. The lowest BCUT2D eigenvalue weighted by Gasteiger charge is -2.23. The summed E-state index contributed by atoms with van der Waals surface area (Å²) in [5, 5.41) is 2.41. The molecule has 7 heteroatoms. The Bertz CT molecular complexity index is 424. The first-order valence-electron chi connectivity index (χ1n) is 6.92. The Balaban J connectivity index is 5.01. The van der Waals surface area contributed by atoms with Crippen molar-refractivity contribution in [3.05, 3.63) is 12.2 Å². The first-order valence-corrected chi connectivity index (χ1v) is 6.92. The van der Waals surface area contributed by atoms with Crippen LogP contribution < -0.4 is 5.32 Å². The number of alkyl carbamates (subject to hydrolysis) is 1. The molecule has 0 radical (unpaired) electrons. The standard InChI is InChI=1S/C15H25NO6/c1-7-8-10(12(17)20-5)9-11(13(18)21-6)16-14(19)22-15(2,3)4/h7-8,10-11H,9H2,1-6H3,(H,16,19)/b8-7+/t10-,11+/m1/s1. The third-order valence-corrected chi connectivity index (χ3v) is 2.59. The summed E-state index contributed by atoms with van der Waals surface area (Å²) in [5.74, 6) is -1.84. The second-order valence-corrected chi connectivity index (χ2v) is 5.61. The minimum atomic E-state index is -1.01. The molecule has 0 aliphatic rings.